The lowest BCUT2D eigenvalue weighted by atomic mass is 9.98. The van der Waals surface area contributed by atoms with E-state index in [0.29, 0.717) is 10.6 Å². The van der Waals surface area contributed by atoms with Gasteiger partial charge in [0.05, 0.1) is 12.3 Å². The highest BCUT2D eigenvalue weighted by Gasteiger charge is 2.18. The van der Waals surface area contributed by atoms with Crippen molar-refractivity contribution in [2.24, 2.45) is 0 Å². The molecule has 0 unspecified atom stereocenters. The Morgan fingerprint density at radius 3 is 2.90 bits per heavy atom. The molecule has 0 fully saturated rings. The zero-order valence-corrected chi connectivity index (χ0v) is 13.5. The average molecular weight is 300 g/mol. The fraction of sp³-hybridized carbons (Fsp3) is 0.412. The van der Waals surface area contributed by atoms with Gasteiger partial charge in [0.2, 0.25) is 0 Å². The number of hydrogen-bond donors (Lipinski definition) is 1. The summed E-state index contributed by atoms with van der Waals surface area (Å²) in [4.78, 5) is 7.95. The van der Waals surface area contributed by atoms with Crippen LogP contribution < -0.4 is 4.74 Å². The lowest BCUT2D eigenvalue weighted by Crippen LogP contribution is -2.10. The number of benzene rings is 1. The first-order valence-corrected chi connectivity index (χ1v) is 7.84. The summed E-state index contributed by atoms with van der Waals surface area (Å²) in [5, 5.41) is 0. The number of aryl methyl sites for hydroxylation is 1. The third-order valence-electron chi connectivity index (χ3n) is 3.92. The molecule has 0 bridgehead atoms. The van der Waals surface area contributed by atoms with E-state index in [2.05, 4.69) is 42.0 Å². The van der Waals surface area contributed by atoms with E-state index < -0.39 is 0 Å². The Kier molecular flexibility index (Phi) is 3.81. The zero-order chi connectivity index (χ0) is 15.0. The van der Waals surface area contributed by atoms with Gasteiger partial charge in [-0.3, -0.25) is 0 Å². The molecule has 1 aliphatic rings. The second-order valence-corrected chi connectivity index (χ2v) is 6.21. The SMILES string of the molecule is Cc1c(-c2cccc3c2OCCC3)[nH]c(C(C)C)nc1=S. The number of H-pyrrole nitrogens is 1. The Morgan fingerprint density at radius 2 is 2.14 bits per heavy atom. The average Bonchev–Trinajstić information content (AvgIpc) is 2.49. The third kappa shape index (κ3) is 2.60. The number of ether oxygens (including phenoxy) is 1. The maximum Gasteiger partial charge on any atom is 0.133 e. The normalized spacial score (nSPS) is 13.9. The molecule has 1 aliphatic heterocycles. The number of aromatic amines is 1. The second-order valence-electron chi connectivity index (χ2n) is 5.83. The Hall–Kier alpha value is -1.68. The van der Waals surface area contributed by atoms with Gasteiger partial charge < -0.3 is 9.72 Å². The van der Waals surface area contributed by atoms with Gasteiger partial charge in [-0.05, 0) is 31.4 Å². The zero-order valence-electron chi connectivity index (χ0n) is 12.7. The molecule has 0 saturated heterocycles. The van der Waals surface area contributed by atoms with Crippen molar-refractivity contribution in [1.29, 1.82) is 0 Å². The number of nitrogens with zero attached hydrogens (tertiary/aromatic N) is 1. The highest BCUT2D eigenvalue weighted by atomic mass is 32.1. The first-order chi connectivity index (χ1) is 10.1. The van der Waals surface area contributed by atoms with E-state index in [-0.39, 0.29) is 0 Å². The summed E-state index contributed by atoms with van der Waals surface area (Å²) in [6, 6.07) is 6.34. The van der Waals surface area contributed by atoms with Gasteiger partial charge in [-0.2, -0.15) is 0 Å². The van der Waals surface area contributed by atoms with Crippen LogP contribution >= 0.6 is 12.2 Å². The van der Waals surface area contributed by atoms with Crippen LogP contribution in [0.4, 0.5) is 0 Å². The molecule has 0 atom stereocenters. The van der Waals surface area contributed by atoms with E-state index in [9.17, 15) is 0 Å². The van der Waals surface area contributed by atoms with E-state index >= 15 is 0 Å². The molecule has 0 radical (unpaired) electrons. The maximum atomic E-state index is 5.93. The van der Waals surface area contributed by atoms with E-state index in [0.717, 1.165) is 47.8 Å². The molecule has 0 amide bonds. The van der Waals surface area contributed by atoms with Crippen molar-refractivity contribution in [3.05, 3.63) is 39.8 Å². The van der Waals surface area contributed by atoms with Gasteiger partial charge in [0.1, 0.15) is 16.2 Å². The molecule has 1 N–H and O–H groups in total. The van der Waals surface area contributed by atoms with Crippen LogP contribution in [0.15, 0.2) is 18.2 Å². The van der Waals surface area contributed by atoms with E-state index in [1.165, 1.54) is 5.56 Å². The highest BCUT2D eigenvalue weighted by Crippen LogP contribution is 2.37. The molecular weight excluding hydrogens is 280 g/mol. The van der Waals surface area contributed by atoms with E-state index in [1.54, 1.807) is 0 Å². The van der Waals surface area contributed by atoms with Gasteiger partial charge >= 0.3 is 0 Å². The molecule has 0 aliphatic carbocycles. The molecule has 3 nitrogen and oxygen atoms in total. The molecule has 4 heteroatoms. The largest absolute Gasteiger partial charge is 0.493 e. The van der Waals surface area contributed by atoms with Gasteiger partial charge in [-0.15, -0.1) is 0 Å². The molecule has 2 heterocycles. The predicted molar refractivity (Wildman–Crippen MR) is 87.5 cm³/mol. The number of aromatic nitrogens is 2. The Morgan fingerprint density at radius 1 is 1.33 bits per heavy atom. The van der Waals surface area contributed by atoms with Crippen molar-refractivity contribution in [2.75, 3.05) is 6.61 Å². The smallest absolute Gasteiger partial charge is 0.133 e. The number of rotatable bonds is 2. The fourth-order valence-corrected chi connectivity index (χ4v) is 2.88. The molecular formula is C17H20N2OS. The first kappa shape index (κ1) is 14.3. The second kappa shape index (κ2) is 5.60. The fourth-order valence-electron chi connectivity index (χ4n) is 2.68. The lowest BCUT2D eigenvalue weighted by Gasteiger charge is -2.21. The topological polar surface area (TPSA) is 37.9 Å². The third-order valence-corrected chi connectivity index (χ3v) is 4.32. The predicted octanol–water partition coefficient (Wildman–Crippen LogP) is 4.56. The minimum Gasteiger partial charge on any atom is -0.493 e. The van der Waals surface area contributed by atoms with E-state index in [4.69, 9.17) is 17.0 Å². The molecule has 1 aromatic heterocycles. The monoisotopic (exact) mass is 300 g/mol. The molecule has 110 valence electrons. The van der Waals surface area contributed by atoms with Crippen molar-refractivity contribution in [3.63, 3.8) is 0 Å². The quantitative estimate of drug-likeness (QED) is 0.826. The van der Waals surface area contributed by atoms with Crippen LogP contribution in [-0.4, -0.2) is 16.6 Å². The van der Waals surface area contributed by atoms with Crippen LogP contribution in [0.3, 0.4) is 0 Å². The van der Waals surface area contributed by atoms with Crippen LogP contribution in [-0.2, 0) is 6.42 Å². The summed E-state index contributed by atoms with van der Waals surface area (Å²) in [6.45, 7) is 7.03. The minimum absolute atomic E-state index is 0.312. The van der Waals surface area contributed by atoms with Crippen LogP contribution in [0.2, 0.25) is 0 Å². The molecule has 1 aromatic carbocycles. The van der Waals surface area contributed by atoms with Crippen LogP contribution in [0.25, 0.3) is 11.3 Å². The van der Waals surface area contributed by atoms with Crippen molar-refractivity contribution in [1.82, 2.24) is 9.97 Å². The highest BCUT2D eigenvalue weighted by molar-refractivity contribution is 7.71. The van der Waals surface area contributed by atoms with Gasteiger partial charge in [0.15, 0.2) is 0 Å². The molecule has 0 spiro atoms. The van der Waals surface area contributed by atoms with Crippen molar-refractivity contribution in [3.8, 4) is 17.0 Å². The minimum atomic E-state index is 0.312. The molecule has 0 saturated carbocycles. The number of para-hydroxylation sites is 1. The summed E-state index contributed by atoms with van der Waals surface area (Å²) >= 11 is 5.43. The molecule has 3 rings (SSSR count). The number of hydrogen-bond acceptors (Lipinski definition) is 3. The van der Waals surface area contributed by atoms with Crippen molar-refractivity contribution in [2.45, 2.75) is 39.5 Å². The van der Waals surface area contributed by atoms with Crippen LogP contribution in [0.5, 0.6) is 5.75 Å². The van der Waals surface area contributed by atoms with E-state index in [1.807, 2.05) is 6.92 Å². The summed E-state index contributed by atoms with van der Waals surface area (Å²) in [6.07, 6.45) is 2.16. The van der Waals surface area contributed by atoms with Gasteiger partial charge in [0, 0.05) is 17.0 Å². The first-order valence-electron chi connectivity index (χ1n) is 7.44. The van der Waals surface area contributed by atoms with Crippen LogP contribution in [0, 0.1) is 11.6 Å². The Labute approximate surface area is 130 Å². The van der Waals surface area contributed by atoms with Gasteiger partial charge in [-0.25, -0.2) is 4.98 Å². The number of fused-ring (bicyclic) bond motifs is 1. The van der Waals surface area contributed by atoms with Crippen molar-refractivity contribution >= 4 is 12.2 Å². The standard InChI is InChI=1S/C17H20N2OS/c1-10(2)16-18-14(11(3)17(21)19-16)13-8-4-6-12-7-5-9-20-15(12)13/h4,6,8,10H,5,7,9H2,1-3H3,(H,18,19,21). The van der Waals surface area contributed by atoms with Gasteiger partial charge in [0.25, 0.3) is 0 Å². The Balaban J connectivity index is 2.23. The molecule has 21 heavy (non-hydrogen) atoms. The lowest BCUT2D eigenvalue weighted by molar-refractivity contribution is 0.289. The number of nitrogens with one attached hydrogen (secondary N) is 1. The molecule has 2 aromatic rings. The summed E-state index contributed by atoms with van der Waals surface area (Å²) in [7, 11) is 0. The summed E-state index contributed by atoms with van der Waals surface area (Å²) in [5.41, 5.74) is 4.43. The van der Waals surface area contributed by atoms with Crippen molar-refractivity contribution < 1.29 is 4.74 Å². The maximum absolute atomic E-state index is 5.93. The summed E-state index contributed by atoms with van der Waals surface area (Å²) in [5.74, 6) is 2.24. The van der Waals surface area contributed by atoms with Crippen LogP contribution in [0.1, 0.15) is 43.1 Å². The Bertz CT molecular complexity index is 734. The summed E-state index contributed by atoms with van der Waals surface area (Å²) < 4.78 is 6.60. The van der Waals surface area contributed by atoms with Gasteiger partial charge in [-0.1, -0.05) is 38.2 Å².